The highest BCUT2D eigenvalue weighted by Crippen LogP contribution is 2.20. The molecular formula is C13H23NO. The number of rotatable bonds is 4. The van der Waals surface area contributed by atoms with Crippen molar-refractivity contribution in [3.05, 3.63) is 11.6 Å². The van der Waals surface area contributed by atoms with E-state index in [1.165, 1.54) is 38.5 Å². The predicted octanol–water partition coefficient (Wildman–Crippen LogP) is 2.64. The Labute approximate surface area is 93.1 Å². The molecule has 2 atom stereocenters. The highest BCUT2D eigenvalue weighted by molar-refractivity contribution is 5.05. The van der Waals surface area contributed by atoms with Gasteiger partial charge in [-0.1, -0.05) is 11.6 Å². The molecule has 1 fully saturated rings. The number of ether oxygens (including phenoxy) is 1. The zero-order chi connectivity index (χ0) is 10.5. The Balaban J connectivity index is 1.63. The van der Waals surface area contributed by atoms with Gasteiger partial charge in [0.25, 0.3) is 0 Å². The largest absolute Gasteiger partial charge is 0.377 e. The average Bonchev–Trinajstić information content (AvgIpc) is 2.66. The third kappa shape index (κ3) is 3.32. The molecule has 1 saturated heterocycles. The van der Waals surface area contributed by atoms with Crippen LogP contribution < -0.4 is 5.32 Å². The number of hydrogen-bond donors (Lipinski definition) is 1. The van der Waals surface area contributed by atoms with E-state index in [0.29, 0.717) is 12.1 Å². The van der Waals surface area contributed by atoms with Crippen molar-refractivity contribution in [2.24, 2.45) is 0 Å². The second kappa shape index (κ2) is 5.66. The number of nitrogens with one attached hydrogen (secondary N) is 1. The summed E-state index contributed by atoms with van der Waals surface area (Å²) in [7, 11) is 0. The summed E-state index contributed by atoms with van der Waals surface area (Å²) in [4.78, 5) is 0. The molecule has 0 spiro atoms. The molecule has 0 amide bonds. The Kier molecular flexibility index (Phi) is 4.21. The molecule has 2 heteroatoms. The maximum atomic E-state index is 5.53. The van der Waals surface area contributed by atoms with Crippen LogP contribution in [0, 0.1) is 0 Å². The van der Waals surface area contributed by atoms with Crippen molar-refractivity contribution in [1.82, 2.24) is 5.32 Å². The maximum absolute atomic E-state index is 5.53. The van der Waals surface area contributed by atoms with E-state index in [1.54, 1.807) is 5.57 Å². The number of allylic oxidation sites excluding steroid dienone is 1. The van der Waals surface area contributed by atoms with Crippen LogP contribution in [0.3, 0.4) is 0 Å². The quantitative estimate of drug-likeness (QED) is 0.719. The van der Waals surface area contributed by atoms with E-state index >= 15 is 0 Å². The van der Waals surface area contributed by atoms with Crippen molar-refractivity contribution in [2.75, 3.05) is 13.2 Å². The standard InChI is InChI=1S/C13H23NO/c1-11-13(8-10-15-11)14-9-7-12-5-3-2-4-6-12/h5,11,13-14H,2-4,6-10H2,1H3/t11-,13+/m0/s1. The first-order chi connectivity index (χ1) is 7.36. The zero-order valence-corrected chi connectivity index (χ0v) is 9.80. The van der Waals surface area contributed by atoms with Crippen molar-refractivity contribution in [3.8, 4) is 0 Å². The van der Waals surface area contributed by atoms with Crippen LogP contribution in [0.1, 0.15) is 45.4 Å². The highest BCUT2D eigenvalue weighted by Gasteiger charge is 2.23. The summed E-state index contributed by atoms with van der Waals surface area (Å²) >= 11 is 0. The van der Waals surface area contributed by atoms with Crippen LogP contribution in [-0.2, 0) is 4.74 Å². The molecule has 0 aromatic carbocycles. The number of hydrogen-bond acceptors (Lipinski definition) is 2. The van der Waals surface area contributed by atoms with Gasteiger partial charge < -0.3 is 10.1 Å². The fraction of sp³-hybridized carbons (Fsp3) is 0.846. The fourth-order valence-electron chi connectivity index (χ4n) is 2.55. The van der Waals surface area contributed by atoms with Crippen LogP contribution in [0.4, 0.5) is 0 Å². The smallest absolute Gasteiger partial charge is 0.0700 e. The van der Waals surface area contributed by atoms with Crippen molar-refractivity contribution in [1.29, 1.82) is 0 Å². The van der Waals surface area contributed by atoms with Gasteiger partial charge in [-0.25, -0.2) is 0 Å². The molecule has 0 aromatic heterocycles. The van der Waals surface area contributed by atoms with E-state index in [-0.39, 0.29) is 0 Å². The van der Waals surface area contributed by atoms with Gasteiger partial charge in [0.15, 0.2) is 0 Å². The lowest BCUT2D eigenvalue weighted by Gasteiger charge is -2.17. The molecule has 1 aliphatic carbocycles. The topological polar surface area (TPSA) is 21.3 Å². The summed E-state index contributed by atoms with van der Waals surface area (Å²) in [6.07, 6.45) is 10.7. The van der Waals surface area contributed by atoms with E-state index in [2.05, 4.69) is 18.3 Å². The van der Waals surface area contributed by atoms with Gasteiger partial charge in [-0.2, -0.15) is 0 Å². The van der Waals surface area contributed by atoms with E-state index < -0.39 is 0 Å². The van der Waals surface area contributed by atoms with Crippen molar-refractivity contribution < 1.29 is 4.74 Å². The summed E-state index contributed by atoms with van der Waals surface area (Å²) in [6, 6.07) is 0.592. The molecule has 86 valence electrons. The molecule has 2 nitrogen and oxygen atoms in total. The summed E-state index contributed by atoms with van der Waals surface area (Å²) in [5, 5.41) is 3.61. The summed E-state index contributed by atoms with van der Waals surface area (Å²) < 4.78 is 5.53. The van der Waals surface area contributed by atoms with Gasteiger partial charge in [0.2, 0.25) is 0 Å². The minimum absolute atomic E-state index is 0.408. The molecule has 2 rings (SSSR count). The summed E-state index contributed by atoms with van der Waals surface area (Å²) in [6.45, 7) is 4.23. The van der Waals surface area contributed by atoms with Gasteiger partial charge in [-0.05, 0) is 52.0 Å². The first-order valence-corrected chi connectivity index (χ1v) is 6.39. The summed E-state index contributed by atoms with van der Waals surface area (Å²) in [5.41, 5.74) is 1.67. The molecule has 1 N–H and O–H groups in total. The van der Waals surface area contributed by atoms with Crippen LogP contribution in [0.25, 0.3) is 0 Å². The molecule has 0 radical (unpaired) electrons. The van der Waals surface area contributed by atoms with Crippen LogP contribution in [-0.4, -0.2) is 25.3 Å². The third-order valence-corrected chi connectivity index (χ3v) is 3.61. The highest BCUT2D eigenvalue weighted by atomic mass is 16.5. The Hall–Kier alpha value is -0.340. The molecule has 2 aliphatic rings. The normalized spacial score (nSPS) is 31.7. The first kappa shape index (κ1) is 11.2. The van der Waals surface area contributed by atoms with E-state index in [4.69, 9.17) is 4.74 Å². The van der Waals surface area contributed by atoms with Crippen LogP contribution >= 0.6 is 0 Å². The van der Waals surface area contributed by atoms with Crippen molar-refractivity contribution in [3.63, 3.8) is 0 Å². The van der Waals surface area contributed by atoms with E-state index in [0.717, 1.165) is 13.2 Å². The van der Waals surface area contributed by atoms with Crippen LogP contribution in [0.2, 0.25) is 0 Å². The van der Waals surface area contributed by atoms with Gasteiger partial charge >= 0.3 is 0 Å². The van der Waals surface area contributed by atoms with Crippen LogP contribution in [0.5, 0.6) is 0 Å². The van der Waals surface area contributed by atoms with Crippen molar-refractivity contribution in [2.45, 2.75) is 57.6 Å². The zero-order valence-electron chi connectivity index (χ0n) is 9.80. The molecule has 1 aliphatic heterocycles. The second-order valence-corrected chi connectivity index (χ2v) is 4.78. The Bertz CT molecular complexity index is 225. The Morgan fingerprint density at radius 2 is 2.40 bits per heavy atom. The lowest BCUT2D eigenvalue weighted by atomic mass is 9.97. The molecule has 0 aromatic rings. The minimum Gasteiger partial charge on any atom is -0.377 e. The average molecular weight is 209 g/mol. The van der Waals surface area contributed by atoms with E-state index in [1.807, 2.05) is 0 Å². The van der Waals surface area contributed by atoms with Gasteiger partial charge in [0.05, 0.1) is 6.10 Å². The van der Waals surface area contributed by atoms with Gasteiger partial charge in [-0.3, -0.25) is 0 Å². The second-order valence-electron chi connectivity index (χ2n) is 4.78. The van der Waals surface area contributed by atoms with Crippen molar-refractivity contribution >= 4 is 0 Å². The fourth-order valence-corrected chi connectivity index (χ4v) is 2.55. The Morgan fingerprint density at radius 1 is 1.47 bits per heavy atom. The van der Waals surface area contributed by atoms with Gasteiger partial charge in [0, 0.05) is 12.6 Å². The van der Waals surface area contributed by atoms with Gasteiger partial charge in [-0.15, -0.1) is 0 Å². The lowest BCUT2D eigenvalue weighted by molar-refractivity contribution is 0.113. The third-order valence-electron chi connectivity index (χ3n) is 3.61. The molecule has 0 unspecified atom stereocenters. The molecule has 0 bridgehead atoms. The predicted molar refractivity (Wildman–Crippen MR) is 63.0 cm³/mol. The minimum atomic E-state index is 0.408. The van der Waals surface area contributed by atoms with E-state index in [9.17, 15) is 0 Å². The maximum Gasteiger partial charge on any atom is 0.0700 e. The van der Waals surface area contributed by atoms with Crippen LogP contribution in [0.15, 0.2) is 11.6 Å². The molecule has 1 heterocycles. The monoisotopic (exact) mass is 209 g/mol. The first-order valence-electron chi connectivity index (χ1n) is 6.39. The molecule has 15 heavy (non-hydrogen) atoms. The lowest BCUT2D eigenvalue weighted by Crippen LogP contribution is -2.35. The SMILES string of the molecule is C[C@@H]1OCC[C@H]1NCCC1=CCCCC1. The Morgan fingerprint density at radius 3 is 3.07 bits per heavy atom. The van der Waals surface area contributed by atoms with Gasteiger partial charge in [0.1, 0.15) is 0 Å². The molecule has 0 saturated carbocycles. The summed E-state index contributed by atoms with van der Waals surface area (Å²) in [5.74, 6) is 0. The molecular weight excluding hydrogens is 186 g/mol.